The molecule has 0 spiro atoms. The minimum absolute atomic E-state index is 0.288. The lowest BCUT2D eigenvalue weighted by Crippen LogP contribution is -2.03. The van der Waals surface area contributed by atoms with E-state index in [1.54, 1.807) is 0 Å². The summed E-state index contributed by atoms with van der Waals surface area (Å²) in [6, 6.07) is 9.62. The van der Waals surface area contributed by atoms with Crippen molar-refractivity contribution in [1.82, 2.24) is 9.97 Å². The molecule has 94 valence electrons. The van der Waals surface area contributed by atoms with Gasteiger partial charge in [-0.1, -0.05) is 37.6 Å². The number of nitrogens with zero attached hydrogens (tertiary/aromatic N) is 2. The number of anilines is 1. The summed E-state index contributed by atoms with van der Waals surface area (Å²) in [7, 11) is 1.86. The van der Waals surface area contributed by atoms with Crippen LogP contribution in [-0.4, -0.2) is 17.0 Å². The van der Waals surface area contributed by atoms with Crippen molar-refractivity contribution in [2.75, 3.05) is 12.4 Å². The molecule has 0 saturated carbocycles. The molecule has 0 radical (unpaired) electrons. The maximum Gasteiger partial charge on any atom is 0.133 e. The number of hydrogen-bond acceptors (Lipinski definition) is 3. The van der Waals surface area contributed by atoms with Crippen molar-refractivity contribution < 1.29 is 0 Å². The Morgan fingerprint density at radius 2 is 1.94 bits per heavy atom. The first kappa shape index (κ1) is 12.8. The van der Waals surface area contributed by atoms with Gasteiger partial charge in [0, 0.05) is 29.6 Å². The van der Waals surface area contributed by atoms with Crippen molar-refractivity contribution in [1.29, 1.82) is 0 Å². The molecule has 1 aromatic heterocycles. The van der Waals surface area contributed by atoms with Crippen LogP contribution in [0.5, 0.6) is 0 Å². The summed E-state index contributed by atoms with van der Waals surface area (Å²) in [6.45, 7) is 4.16. The van der Waals surface area contributed by atoms with Crippen LogP contribution >= 0.6 is 11.6 Å². The van der Waals surface area contributed by atoms with Gasteiger partial charge >= 0.3 is 0 Å². The van der Waals surface area contributed by atoms with Crippen molar-refractivity contribution in [2.45, 2.75) is 19.8 Å². The van der Waals surface area contributed by atoms with Crippen LogP contribution < -0.4 is 5.32 Å². The van der Waals surface area contributed by atoms with Crippen molar-refractivity contribution >= 4 is 17.4 Å². The van der Waals surface area contributed by atoms with Crippen LogP contribution in [0.1, 0.15) is 25.6 Å². The Bertz CT molecular complexity index is 552. The Morgan fingerprint density at radius 1 is 1.17 bits per heavy atom. The third-order valence-electron chi connectivity index (χ3n) is 2.64. The van der Waals surface area contributed by atoms with Gasteiger partial charge in [-0.25, -0.2) is 9.97 Å². The summed E-state index contributed by atoms with van der Waals surface area (Å²) in [5.41, 5.74) is 1.89. The maximum absolute atomic E-state index is 6.01. The third kappa shape index (κ3) is 2.79. The van der Waals surface area contributed by atoms with E-state index < -0.39 is 0 Å². The average molecular weight is 262 g/mol. The first-order chi connectivity index (χ1) is 8.60. The van der Waals surface area contributed by atoms with Gasteiger partial charge in [-0.05, 0) is 12.1 Å². The largest absolute Gasteiger partial charge is 0.373 e. The summed E-state index contributed by atoms with van der Waals surface area (Å²) in [6.07, 6.45) is 0. The Morgan fingerprint density at radius 3 is 2.56 bits per heavy atom. The third-order valence-corrected chi connectivity index (χ3v) is 2.87. The summed E-state index contributed by atoms with van der Waals surface area (Å²) in [4.78, 5) is 9.03. The SMILES string of the molecule is CNc1cc(-c2cccc(Cl)c2)nc(C(C)C)n1. The molecule has 0 unspecified atom stereocenters. The molecule has 2 aromatic rings. The van der Waals surface area contributed by atoms with E-state index in [0.717, 1.165) is 22.9 Å². The lowest BCUT2D eigenvalue weighted by atomic mass is 10.1. The Kier molecular flexibility index (Phi) is 3.82. The van der Waals surface area contributed by atoms with Gasteiger partial charge in [0.15, 0.2) is 0 Å². The van der Waals surface area contributed by atoms with Gasteiger partial charge < -0.3 is 5.32 Å². The summed E-state index contributed by atoms with van der Waals surface area (Å²) < 4.78 is 0. The van der Waals surface area contributed by atoms with Gasteiger partial charge in [0.25, 0.3) is 0 Å². The van der Waals surface area contributed by atoms with Gasteiger partial charge in [0.05, 0.1) is 5.69 Å². The second kappa shape index (κ2) is 5.36. The topological polar surface area (TPSA) is 37.8 Å². The molecule has 0 aliphatic heterocycles. The Labute approximate surface area is 112 Å². The van der Waals surface area contributed by atoms with Crippen LogP contribution in [0.15, 0.2) is 30.3 Å². The summed E-state index contributed by atoms with van der Waals surface area (Å²) >= 11 is 6.01. The van der Waals surface area contributed by atoms with E-state index in [2.05, 4.69) is 29.1 Å². The van der Waals surface area contributed by atoms with Crippen LogP contribution in [0, 0.1) is 0 Å². The highest BCUT2D eigenvalue weighted by Gasteiger charge is 2.09. The molecule has 0 aliphatic carbocycles. The zero-order valence-corrected chi connectivity index (χ0v) is 11.5. The lowest BCUT2D eigenvalue weighted by molar-refractivity contribution is 0.777. The molecular formula is C14H16ClN3. The molecule has 0 aliphatic rings. The van der Waals surface area contributed by atoms with Crippen molar-refractivity contribution in [3.8, 4) is 11.3 Å². The van der Waals surface area contributed by atoms with E-state index in [9.17, 15) is 0 Å². The van der Waals surface area contributed by atoms with Gasteiger partial charge in [0.2, 0.25) is 0 Å². The highest BCUT2D eigenvalue weighted by atomic mass is 35.5. The molecule has 0 fully saturated rings. The average Bonchev–Trinajstić information content (AvgIpc) is 2.38. The van der Waals surface area contributed by atoms with E-state index in [0.29, 0.717) is 5.02 Å². The molecule has 0 bridgehead atoms. The minimum Gasteiger partial charge on any atom is -0.373 e. The van der Waals surface area contributed by atoms with Crippen molar-refractivity contribution in [2.24, 2.45) is 0 Å². The quantitative estimate of drug-likeness (QED) is 0.909. The number of benzene rings is 1. The fourth-order valence-electron chi connectivity index (χ4n) is 1.65. The molecule has 1 heterocycles. The number of nitrogens with one attached hydrogen (secondary N) is 1. The van der Waals surface area contributed by atoms with E-state index in [1.165, 1.54) is 0 Å². The number of hydrogen-bond donors (Lipinski definition) is 1. The van der Waals surface area contributed by atoms with Crippen molar-refractivity contribution in [3.05, 3.63) is 41.2 Å². The molecule has 18 heavy (non-hydrogen) atoms. The molecule has 4 heteroatoms. The molecule has 0 saturated heterocycles. The Hall–Kier alpha value is -1.61. The smallest absolute Gasteiger partial charge is 0.133 e. The molecule has 1 N–H and O–H groups in total. The fraction of sp³-hybridized carbons (Fsp3) is 0.286. The first-order valence-corrected chi connectivity index (χ1v) is 6.30. The molecule has 2 rings (SSSR count). The zero-order valence-electron chi connectivity index (χ0n) is 10.7. The summed E-state index contributed by atoms with van der Waals surface area (Å²) in [5.74, 6) is 1.94. The van der Waals surface area contributed by atoms with Gasteiger partial charge in [-0.2, -0.15) is 0 Å². The van der Waals surface area contributed by atoms with E-state index in [1.807, 2.05) is 37.4 Å². The van der Waals surface area contributed by atoms with Crippen LogP contribution in [0.3, 0.4) is 0 Å². The monoisotopic (exact) mass is 261 g/mol. The zero-order chi connectivity index (χ0) is 13.1. The minimum atomic E-state index is 0.288. The molecule has 1 aromatic carbocycles. The van der Waals surface area contributed by atoms with Crippen LogP contribution in [-0.2, 0) is 0 Å². The van der Waals surface area contributed by atoms with Crippen LogP contribution in [0.2, 0.25) is 5.02 Å². The van der Waals surface area contributed by atoms with E-state index >= 15 is 0 Å². The number of halogens is 1. The number of rotatable bonds is 3. The molecule has 0 atom stereocenters. The highest BCUT2D eigenvalue weighted by molar-refractivity contribution is 6.30. The van der Waals surface area contributed by atoms with Gasteiger partial charge in [0.1, 0.15) is 11.6 Å². The predicted molar refractivity (Wildman–Crippen MR) is 76.1 cm³/mol. The maximum atomic E-state index is 6.01. The fourth-order valence-corrected chi connectivity index (χ4v) is 1.84. The van der Waals surface area contributed by atoms with Crippen LogP contribution in [0.25, 0.3) is 11.3 Å². The highest BCUT2D eigenvalue weighted by Crippen LogP contribution is 2.24. The molecular weight excluding hydrogens is 246 g/mol. The van der Waals surface area contributed by atoms with Gasteiger partial charge in [-0.15, -0.1) is 0 Å². The van der Waals surface area contributed by atoms with Crippen LogP contribution in [0.4, 0.5) is 5.82 Å². The van der Waals surface area contributed by atoms with E-state index in [4.69, 9.17) is 11.6 Å². The Balaban J connectivity index is 2.53. The second-order valence-corrected chi connectivity index (χ2v) is 4.85. The molecule has 3 nitrogen and oxygen atoms in total. The predicted octanol–water partition coefficient (Wildman–Crippen LogP) is 3.96. The normalized spacial score (nSPS) is 10.7. The number of aromatic nitrogens is 2. The molecule has 0 amide bonds. The lowest BCUT2D eigenvalue weighted by Gasteiger charge is -2.10. The second-order valence-electron chi connectivity index (χ2n) is 4.41. The van der Waals surface area contributed by atoms with Gasteiger partial charge in [-0.3, -0.25) is 0 Å². The standard InChI is InChI=1S/C14H16ClN3/c1-9(2)14-17-12(8-13(16-3)18-14)10-5-4-6-11(15)7-10/h4-9H,1-3H3,(H,16,17,18). The first-order valence-electron chi connectivity index (χ1n) is 5.93. The van der Waals surface area contributed by atoms with E-state index in [-0.39, 0.29) is 5.92 Å². The summed E-state index contributed by atoms with van der Waals surface area (Å²) in [5, 5.41) is 3.77. The van der Waals surface area contributed by atoms with Crippen molar-refractivity contribution in [3.63, 3.8) is 0 Å².